The van der Waals surface area contributed by atoms with E-state index < -0.39 is 0 Å². The topological polar surface area (TPSA) is 57.0 Å². The van der Waals surface area contributed by atoms with E-state index in [-0.39, 0.29) is 17.9 Å². The van der Waals surface area contributed by atoms with Crippen molar-refractivity contribution in [1.29, 1.82) is 0 Å². The Kier molecular flexibility index (Phi) is 6.62. The first kappa shape index (κ1) is 20.3. The standard InChI is InChI=1S/C21H26ClN3O3/c1-16(2)25(21(27)17-8-14-28-15-17)9-7-20(26)24-12-10-23(11-13-24)19-6-4-3-5-18(19)22/h3-6,8,14-16H,7,9-13H2,1-2H3. The molecule has 28 heavy (non-hydrogen) atoms. The molecule has 2 heterocycles. The Morgan fingerprint density at radius 2 is 1.86 bits per heavy atom. The fourth-order valence-corrected chi connectivity index (χ4v) is 3.68. The van der Waals surface area contributed by atoms with E-state index in [1.165, 1.54) is 12.5 Å². The summed E-state index contributed by atoms with van der Waals surface area (Å²) < 4.78 is 5.00. The maximum atomic E-state index is 12.7. The van der Waals surface area contributed by atoms with Gasteiger partial charge in [0.25, 0.3) is 5.91 Å². The van der Waals surface area contributed by atoms with Crippen LogP contribution in [-0.4, -0.2) is 60.4 Å². The molecular formula is C21H26ClN3O3. The van der Waals surface area contributed by atoms with E-state index in [0.29, 0.717) is 31.6 Å². The summed E-state index contributed by atoms with van der Waals surface area (Å²) in [5, 5.41) is 0.729. The Bertz CT molecular complexity index is 799. The van der Waals surface area contributed by atoms with Crippen LogP contribution in [0.1, 0.15) is 30.6 Å². The highest BCUT2D eigenvalue weighted by atomic mass is 35.5. The quantitative estimate of drug-likeness (QED) is 0.740. The van der Waals surface area contributed by atoms with Crippen LogP contribution in [0.15, 0.2) is 47.3 Å². The van der Waals surface area contributed by atoms with E-state index in [1.807, 2.05) is 43.0 Å². The van der Waals surface area contributed by atoms with Crippen molar-refractivity contribution in [2.45, 2.75) is 26.3 Å². The van der Waals surface area contributed by atoms with E-state index in [1.54, 1.807) is 11.0 Å². The lowest BCUT2D eigenvalue weighted by Crippen LogP contribution is -2.49. The molecule has 6 nitrogen and oxygen atoms in total. The highest BCUT2D eigenvalue weighted by Gasteiger charge is 2.25. The zero-order valence-corrected chi connectivity index (χ0v) is 17.1. The second-order valence-corrected chi connectivity index (χ2v) is 7.58. The first-order valence-corrected chi connectivity index (χ1v) is 9.95. The third-order valence-corrected chi connectivity index (χ3v) is 5.36. The molecule has 2 amide bonds. The number of rotatable bonds is 6. The molecule has 0 radical (unpaired) electrons. The minimum Gasteiger partial charge on any atom is -0.472 e. The van der Waals surface area contributed by atoms with Crippen LogP contribution in [0.3, 0.4) is 0 Å². The SMILES string of the molecule is CC(C)N(CCC(=O)N1CCN(c2ccccc2Cl)CC1)C(=O)c1ccoc1. The average molecular weight is 404 g/mol. The van der Waals surface area contributed by atoms with Crippen molar-refractivity contribution in [3.63, 3.8) is 0 Å². The van der Waals surface area contributed by atoms with Crippen LogP contribution in [0.4, 0.5) is 5.69 Å². The molecule has 0 bridgehead atoms. The molecule has 1 aliphatic heterocycles. The van der Waals surface area contributed by atoms with Gasteiger partial charge in [-0.3, -0.25) is 9.59 Å². The molecule has 0 aliphatic carbocycles. The lowest BCUT2D eigenvalue weighted by Gasteiger charge is -2.37. The molecule has 1 fully saturated rings. The summed E-state index contributed by atoms with van der Waals surface area (Å²) in [6, 6.07) is 9.42. The van der Waals surface area contributed by atoms with Gasteiger partial charge in [-0.05, 0) is 32.0 Å². The van der Waals surface area contributed by atoms with E-state index in [4.69, 9.17) is 16.0 Å². The number of hydrogen-bond acceptors (Lipinski definition) is 4. The summed E-state index contributed by atoms with van der Waals surface area (Å²) in [5.74, 6) is -0.0375. The Hall–Kier alpha value is -2.47. The average Bonchev–Trinajstić information content (AvgIpc) is 3.23. The molecule has 3 rings (SSSR count). The number of furan rings is 1. The number of amides is 2. The fraction of sp³-hybridized carbons (Fsp3) is 0.429. The van der Waals surface area contributed by atoms with Gasteiger partial charge in [0.05, 0.1) is 22.5 Å². The zero-order chi connectivity index (χ0) is 20.1. The van der Waals surface area contributed by atoms with E-state index >= 15 is 0 Å². The molecule has 1 aromatic heterocycles. The Morgan fingerprint density at radius 1 is 1.14 bits per heavy atom. The highest BCUT2D eigenvalue weighted by molar-refractivity contribution is 6.33. The monoisotopic (exact) mass is 403 g/mol. The first-order valence-electron chi connectivity index (χ1n) is 9.58. The second-order valence-electron chi connectivity index (χ2n) is 7.17. The van der Waals surface area contributed by atoms with Gasteiger partial charge in [-0.25, -0.2) is 0 Å². The molecule has 1 aromatic carbocycles. The molecule has 150 valence electrons. The summed E-state index contributed by atoms with van der Waals surface area (Å²) in [7, 11) is 0. The van der Waals surface area contributed by atoms with Crippen molar-refractivity contribution in [3.05, 3.63) is 53.4 Å². The summed E-state index contributed by atoms with van der Waals surface area (Å²) in [6.45, 7) is 7.10. The zero-order valence-electron chi connectivity index (χ0n) is 16.3. The van der Waals surface area contributed by atoms with E-state index in [9.17, 15) is 9.59 Å². The van der Waals surface area contributed by atoms with Crippen molar-refractivity contribution < 1.29 is 14.0 Å². The third-order valence-electron chi connectivity index (χ3n) is 5.04. The number of carbonyl (C=O) groups is 2. The predicted molar refractivity (Wildman–Crippen MR) is 110 cm³/mol. The van der Waals surface area contributed by atoms with Crippen molar-refractivity contribution in [3.8, 4) is 0 Å². The van der Waals surface area contributed by atoms with E-state index in [0.717, 1.165) is 23.8 Å². The van der Waals surface area contributed by atoms with Gasteiger partial charge in [0, 0.05) is 45.2 Å². The lowest BCUT2D eigenvalue weighted by atomic mass is 10.2. The van der Waals surface area contributed by atoms with Crippen molar-refractivity contribution >= 4 is 29.1 Å². The van der Waals surface area contributed by atoms with Gasteiger partial charge in [0.1, 0.15) is 6.26 Å². The minimum atomic E-state index is -0.111. The third kappa shape index (κ3) is 4.68. The van der Waals surface area contributed by atoms with Gasteiger partial charge in [0.15, 0.2) is 0 Å². The number of halogens is 1. The number of anilines is 1. The number of benzene rings is 1. The molecule has 0 spiro atoms. The highest BCUT2D eigenvalue weighted by Crippen LogP contribution is 2.26. The van der Waals surface area contributed by atoms with Crippen molar-refractivity contribution in [2.24, 2.45) is 0 Å². The maximum Gasteiger partial charge on any atom is 0.257 e. The Morgan fingerprint density at radius 3 is 2.46 bits per heavy atom. The number of carbonyl (C=O) groups excluding carboxylic acids is 2. The maximum absolute atomic E-state index is 12.7. The summed E-state index contributed by atoms with van der Waals surface area (Å²) in [6.07, 6.45) is 3.23. The molecule has 7 heteroatoms. The van der Waals surface area contributed by atoms with Crippen molar-refractivity contribution in [1.82, 2.24) is 9.80 Å². The molecule has 1 aliphatic rings. The largest absolute Gasteiger partial charge is 0.472 e. The van der Waals surface area contributed by atoms with Gasteiger partial charge in [-0.1, -0.05) is 23.7 Å². The first-order chi connectivity index (χ1) is 13.5. The summed E-state index contributed by atoms with van der Waals surface area (Å²) in [4.78, 5) is 31.0. The lowest BCUT2D eigenvalue weighted by molar-refractivity contribution is -0.131. The van der Waals surface area contributed by atoms with Crippen LogP contribution in [0.25, 0.3) is 0 Å². The molecule has 0 atom stereocenters. The van der Waals surface area contributed by atoms with Crippen LogP contribution < -0.4 is 4.90 Å². The van der Waals surface area contributed by atoms with Crippen molar-refractivity contribution in [2.75, 3.05) is 37.6 Å². The molecular weight excluding hydrogens is 378 g/mol. The molecule has 2 aromatic rings. The number of para-hydroxylation sites is 1. The van der Waals surface area contributed by atoms with E-state index in [2.05, 4.69) is 4.90 Å². The fourth-order valence-electron chi connectivity index (χ4n) is 3.43. The van der Waals surface area contributed by atoms with Crippen LogP contribution in [0.5, 0.6) is 0 Å². The number of hydrogen-bond donors (Lipinski definition) is 0. The van der Waals surface area contributed by atoms with Gasteiger partial charge < -0.3 is 19.1 Å². The predicted octanol–water partition coefficient (Wildman–Crippen LogP) is 3.52. The number of piperazine rings is 1. The Labute approximate surface area is 170 Å². The van der Waals surface area contributed by atoms with Crippen LogP contribution in [0.2, 0.25) is 5.02 Å². The smallest absolute Gasteiger partial charge is 0.257 e. The molecule has 0 unspecified atom stereocenters. The Balaban J connectivity index is 1.52. The second kappa shape index (κ2) is 9.15. The summed E-state index contributed by atoms with van der Waals surface area (Å²) in [5.41, 5.74) is 1.52. The van der Waals surface area contributed by atoms with Crippen LogP contribution in [0, 0.1) is 0 Å². The number of nitrogens with zero attached hydrogens (tertiary/aromatic N) is 3. The molecule has 1 saturated heterocycles. The van der Waals surface area contributed by atoms with Gasteiger partial charge in [0.2, 0.25) is 5.91 Å². The van der Waals surface area contributed by atoms with Crippen LogP contribution in [-0.2, 0) is 4.79 Å². The minimum absolute atomic E-state index is 0.00673. The normalized spacial score (nSPS) is 14.4. The molecule has 0 saturated carbocycles. The molecule has 0 N–H and O–H groups in total. The van der Waals surface area contributed by atoms with Gasteiger partial charge in [-0.2, -0.15) is 0 Å². The van der Waals surface area contributed by atoms with Crippen LogP contribution >= 0.6 is 11.6 Å². The summed E-state index contributed by atoms with van der Waals surface area (Å²) >= 11 is 6.28. The van der Waals surface area contributed by atoms with Gasteiger partial charge >= 0.3 is 0 Å². The van der Waals surface area contributed by atoms with Gasteiger partial charge in [-0.15, -0.1) is 0 Å².